The molecular weight excluding hydrogens is 346 g/mol. The number of hydrogen-bond donors (Lipinski definition) is 3. The summed E-state index contributed by atoms with van der Waals surface area (Å²) in [6, 6.07) is 15.9. The van der Waals surface area contributed by atoms with Crippen LogP contribution in [0.1, 0.15) is 11.3 Å². The summed E-state index contributed by atoms with van der Waals surface area (Å²) in [5.74, 6) is 0.429. The van der Waals surface area contributed by atoms with E-state index in [1.807, 2.05) is 53.9 Å². The quantitative estimate of drug-likeness (QED) is 0.486. The van der Waals surface area contributed by atoms with Gasteiger partial charge in [0.05, 0.1) is 18.7 Å². The molecule has 7 heteroatoms. The summed E-state index contributed by atoms with van der Waals surface area (Å²) in [6.07, 6.45) is 2.06. The molecule has 0 fully saturated rings. The number of H-pyrrole nitrogens is 1. The molecule has 0 saturated heterocycles. The van der Waals surface area contributed by atoms with Crippen LogP contribution in [0.3, 0.4) is 0 Å². The fraction of sp³-hybridized carbons (Fsp3) is 0.105. The van der Waals surface area contributed by atoms with Crippen molar-refractivity contribution in [1.82, 2.24) is 15.2 Å². The minimum Gasteiger partial charge on any atom is -0.356 e. The van der Waals surface area contributed by atoms with E-state index in [2.05, 4.69) is 25.8 Å². The van der Waals surface area contributed by atoms with Crippen molar-refractivity contribution in [3.63, 3.8) is 0 Å². The molecule has 0 radical (unpaired) electrons. The minimum absolute atomic E-state index is 0.0905. The van der Waals surface area contributed by atoms with Crippen molar-refractivity contribution < 1.29 is 4.79 Å². The lowest BCUT2D eigenvalue weighted by molar-refractivity contribution is -0.115. The van der Waals surface area contributed by atoms with Gasteiger partial charge in [-0.2, -0.15) is 5.10 Å². The number of thiazole rings is 1. The van der Waals surface area contributed by atoms with Gasteiger partial charge in [-0.1, -0.05) is 42.5 Å². The molecular formula is C19H17N5OS. The van der Waals surface area contributed by atoms with Crippen LogP contribution in [-0.4, -0.2) is 21.1 Å². The molecule has 4 rings (SSSR count). The second kappa shape index (κ2) is 7.37. The Morgan fingerprint density at radius 2 is 2.04 bits per heavy atom. The molecule has 0 bridgehead atoms. The molecule has 3 N–H and O–H groups in total. The van der Waals surface area contributed by atoms with Crippen LogP contribution in [0.5, 0.6) is 0 Å². The number of carbonyl (C=O) groups is 1. The molecule has 0 aliphatic heterocycles. The molecule has 0 aliphatic carbocycles. The van der Waals surface area contributed by atoms with Crippen LogP contribution >= 0.6 is 11.3 Å². The highest BCUT2D eigenvalue weighted by Gasteiger charge is 2.09. The zero-order chi connectivity index (χ0) is 17.8. The number of fused-ring (bicyclic) bond motifs is 1. The summed E-state index contributed by atoms with van der Waals surface area (Å²) >= 11 is 1.54. The molecule has 0 atom stereocenters. The summed E-state index contributed by atoms with van der Waals surface area (Å²) in [5, 5.41) is 18.1. The van der Waals surface area contributed by atoms with Crippen LogP contribution in [0, 0.1) is 0 Å². The van der Waals surface area contributed by atoms with E-state index in [-0.39, 0.29) is 5.91 Å². The van der Waals surface area contributed by atoms with Gasteiger partial charge in [0.1, 0.15) is 0 Å². The third-order valence-corrected chi connectivity index (χ3v) is 4.72. The Labute approximate surface area is 154 Å². The summed E-state index contributed by atoms with van der Waals surface area (Å²) < 4.78 is 0. The first-order chi connectivity index (χ1) is 12.8. The van der Waals surface area contributed by atoms with Gasteiger partial charge in [0.15, 0.2) is 10.9 Å². The highest BCUT2D eigenvalue weighted by atomic mass is 32.1. The van der Waals surface area contributed by atoms with Crippen molar-refractivity contribution in [2.24, 2.45) is 0 Å². The van der Waals surface area contributed by atoms with Gasteiger partial charge < -0.3 is 10.6 Å². The first-order valence-electron chi connectivity index (χ1n) is 8.22. The van der Waals surface area contributed by atoms with E-state index in [4.69, 9.17) is 0 Å². The number of benzene rings is 2. The normalized spacial score (nSPS) is 10.8. The number of nitrogens with zero attached hydrogens (tertiary/aromatic N) is 2. The lowest BCUT2D eigenvalue weighted by Crippen LogP contribution is -2.14. The number of hydrogen-bond acceptors (Lipinski definition) is 5. The van der Waals surface area contributed by atoms with Gasteiger partial charge in [0, 0.05) is 17.6 Å². The monoisotopic (exact) mass is 363 g/mol. The largest absolute Gasteiger partial charge is 0.356 e. The standard InChI is InChI=1S/C19H17N5OS/c25-18(10-14-6-3-5-13-4-1-2-7-16(13)14)22-17-11-15(23-24-17)12-21-19-20-8-9-26-19/h1-9,11H,10,12H2,(H,20,21)(H2,22,23,24,25). The van der Waals surface area contributed by atoms with Crippen LogP contribution < -0.4 is 10.6 Å². The Morgan fingerprint density at radius 1 is 1.15 bits per heavy atom. The van der Waals surface area contributed by atoms with Gasteiger partial charge in [0.2, 0.25) is 5.91 Å². The number of anilines is 2. The van der Waals surface area contributed by atoms with Crippen molar-refractivity contribution in [1.29, 1.82) is 0 Å². The molecule has 6 nitrogen and oxygen atoms in total. The molecule has 0 saturated carbocycles. The number of carbonyl (C=O) groups excluding carboxylic acids is 1. The summed E-state index contributed by atoms with van der Waals surface area (Å²) in [5.41, 5.74) is 1.88. The summed E-state index contributed by atoms with van der Waals surface area (Å²) in [6.45, 7) is 0.569. The third-order valence-electron chi connectivity index (χ3n) is 3.99. The topological polar surface area (TPSA) is 82.7 Å². The molecule has 0 unspecified atom stereocenters. The fourth-order valence-corrected chi connectivity index (χ4v) is 3.33. The second-order valence-electron chi connectivity index (χ2n) is 5.83. The van der Waals surface area contributed by atoms with E-state index in [1.54, 1.807) is 6.20 Å². The van der Waals surface area contributed by atoms with Crippen LogP contribution in [0.25, 0.3) is 10.8 Å². The minimum atomic E-state index is -0.0905. The van der Waals surface area contributed by atoms with Crippen LogP contribution in [0.15, 0.2) is 60.1 Å². The zero-order valence-electron chi connectivity index (χ0n) is 13.9. The summed E-state index contributed by atoms with van der Waals surface area (Å²) in [7, 11) is 0. The maximum atomic E-state index is 12.4. The predicted octanol–water partition coefficient (Wildman–Crippen LogP) is 3.81. The van der Waals surface area contributed by atoms with Crippen molar-refractivity contribution >= 4 is 39.0 Å². The average Bonchev–Trinajstić information content (AvgIpc) is 3.32. The van der Waals surface area contributed by atoms with E-state index in [1.165, 1.54) is 11.3 Å². The molecule has 0 spiro atoms. The highest BCUT2D eigenvalue weighted by molar-refractivity contribution is 7.13. The van der Waals surface area contributed by atoms with E-state index in [0.29, 0.717) is 18.8 Å². The molecule has 26 heavy (non-hydrogen) atoms. The number of rotatable bonds is 6. The maximum absolute atomic E-state index is 12.4. The SMILES string of the molecule is O=C(Cc1cccc2ccccc12)Nc1cc(CNc2nccs2)[nH]n1. The van der Waals surface area contributed by atoms with E-state index >= 15 is 0 Å². The molecule has 2 heterocycles. The number of aromatic nitrogens is 3. The molecule has 1 amide bonds. The van der Waals surface area contributed by atoms with Gasteiger partial charge in [-0.15, -0.1) is 11.3 Å². The average molecular weight is 363 g/mol. The molecule has 2 aromatic carbocycles. The molecule has 130 valence electrons. The van der Waals surface area contributed by atoms with Crippen LogP contribution in [-0.2, 0) is 17.8 Å². The first kappa shape index (κ1) is 16.3. The highest BCUT2D eigenvalue weighted by Crippen LogP contribution is 2.19. The lowest BCUT2D eigenvalue weighted by Gasteiger charge is -2.06. The first-order valence-corrected chi connectivity index (χ1v) is 9.10. The predicted molar refractivity (Wildman–Crippen MR) is 104 cm³/mol. The van der Waals surface area contributed by atoms with Crippen LogP contribution in [0.4, 0.5) is 10.9 Å². The van der Waals surface area contributed by atoms with Crippen molar-refractivity contribution in [2.75, 3.05) is 10.6 Å². The second-order valence-corrected chi connectivity index (χ2v) is 6.73. The lowest BCUT2D eigenvalue weighted by atomic mass is 10.0. The Bertz CT molecular complexity index is 1020. The van der Waals surface area contributed by atoms with Gasteiger partial charge in [0.25, 0.3) is 0 Å². The van der Waals surface area contributed by atoms with Gasteiger partial charge >= 0.3 is 0 Å². The Hall–Kier alpha value is -3.19. The maximum Gasteiger partial charge on any atom is 0.230 e. The summed E-state index contributed by atoms with van der Waals surface area (Å²) in [4.78, 5) is 16.6. The van der Waals surface area contributed by atoms with Crippen LogP contribution in [0.2, 0.25) is 0 Å². The van der Waals surface area contributed by atoms with Gasteiger partial charge in [-0.25, -0.2) is 4.98 Å². The fourth-order valence-electron chi connectivity index (χ4n) is 2.80. The number of amides is 1. The van der Waals surface area contributed by atoms with E-state index in [9.17, 15) is 4.79 Å². The van der Waals surface area contributed by atoms with Gasteiger partial charge in [-0.3, -0.25) is 9.89 Å². The smallest absolute Gasteiger partial charge is 0.230 e. The number of aromatic amines is 1. The van der Waals surface area contributed by atoms with Crippen molar-refractivity contribution in [3.05, 3.63) is 71.4 Å². The zero-order valence-corrected chi connectivity index (χ0v) is 14.7. The Kier molecular flexibility index (Phi) is 4.61. The Morgan fingerprint density at radius 3 is 2.92 bits per heavy atom. The molecule has 4 aromatic rings. The number of nitrogens with one attached hydrogen (secondary N) is 3. The van der Waals surface area contributed by atoms with E-state index < -0.39 is 0 Å². The van der Waals surface area contributed by atoms with Crippen molar-refractivity contribution in [2.45, 2.75) is 13.0 Å². The molecule has 0 aliphatic rings. The third kappa shape index (κ3) is 3.73. The van der Waals surface area contributed by atoms with E-state index in [0.717, 1.165) is 27.2 Å². The van der Waals surface area contributed by atoms with Crippen molar-refractivity contribution in [3.8, 4) is 0 Å². The van der Waals surface area contributed by atoms with Gasteiger partial charge in [-0.05, 0) is 16.3 Å². The molecule has 2 aromatic heterocycles. The Balaban J connectivity index is 1.39.